The average molecular weight is 224 g/mol. The van der Waals surface area contributed by atoms with E-state index >= 15 is 0 Å². The van der Waals surface area contributed by atoms with E-state index in [1.54, 1.807) is 0 Å². The molecule has 0 unspecified atom stereocenters. The zero-order valence-corrected chi connectivity index (χ0v) is 7.25. The van der Waals surface area contributed by atoms with E-state index in [1.807, 2.05) is 0 Å². The number of rotatable bonds is 0. The lowest BCUT2D eigenvalue weighted by Gasteiger charge is -2.09. The average Bonchev–Trinajstić information content (AvgIpc) is 1.99. The lowest BCUT2D eigenvalue weighted by atomic mass is 10.1. The van der Waals surface area contributed by atoms with Crippen molar-refractivity contribution in [3.05, 3.63) is 34.1 Å². The van der Waals surface area contributed by atoms with Gasteiger partial charge in [-0.3, -0.25) is 0 Å². The van der Waals surface area contributed by atoms with Crippen molar-refractivity contribution >= 4 is 11.6 Å². The van der Waals surface area contributed by atoms with Crippen LogP contribution < -0.4 is 0 Å². The molecule has 1 aromatic carbocycles. The molecule has 0 bridgehead atoms. The fourth-order valence-electron chi connectivity index (χ4n) is 0.908. The normalized spacial score (nSPS) is 11.1. The van der Waals surface area contributed by atoms with Crippen molar-refractivity contribution in [2.75, 3.05) is 0 Å². The first-order valence-corrected chi connectivity index (χ1v) is 3.70. The van der Waals surface area contributed by atoms with Crippen molar-refractivity contribution < 1.29 is 17.6 Å². The van der Waals surface area contributed by atoms with E-state index in [2.05, 4.69) is 0 Å². The van der Waals surface area contributed by atoms with E-state index < -0.39 is 22.6 Å². The van der Waals surface area contributed by atoms with Crippen LogP contribution in [0, 0.1) is 17.1 Å². The molecule has 0 aliphatic heterocycles. The molecular formula is C8H2ClF4N. The molecule has 0 aliphatic carbocycles. The summed E-state index contributed by atoms with van der Waals surface area (Å²) in [6.45, 7) is 0. The fourth-order valence-corrected chi connectivity index (χ4v) is 1.22. The SMILES string of the molecule is N#Cc1cc(F)c(C(F)(F)F)c(Cl)c1. The maximum atomic E-state index is 12.8. The summed E-state index contributed by atoms with van der Waals surface area (Å²) in [4.78, 5) is 0. The smallest absolute Gasteiger partial charge is 0.206 e. The van der Waals surface area contributed by atoms with Crippen LogP contribution in [0.1, 0.15) is 11.1 Å². The summed E-state index contributed by atoms with van der Waals surface area (Å²) in [6, 6.07) is 2.76. The van der Waals surface area contributed by atoms with Crippen LogP contribution in [-0.2, 0) is 6.18 Å². The van der Waals surface area contributed by atoms with Crippen LogP contribution in [0.3, 0.4) is 0 Å². The van der Waals surface area contributed by atoms with Crippen LogP contribution in [-0.4, -0.2) is 0 Å². The molecule has 0 radical (unpaired) electrons. The number of nitriles is 1. The summed E-state index contributed by atoms with van der Waals surface area (Å²) >= 11 is 5.19. The van der Waals surface area contributed by atoms with Gasteiger partial charge in [0.2, 0.25) is 0 Å². The second kappa shape index (κ2) is 3.46. The van der Waals surface area contributed by atoms with Gasteiger partial charge in [-0.05, 0) is 12.1 Å². The van der Waals surface area contributed by atoms with Gasteiger partial charge in [-0.25, -0.2) is 4.39 Å². The van der Waals surface area contributed by atoms with Gasteiger partial charge in [0.25, 0.3) is 0 Å². The summed E-state index contributed by atoms with van der Waals surface area (Å²) in [5.74, 6) is -1.54. The predicted molar refractivity (Wildman–Crippen MR) is 41.1 cm³/mol. The zero-order valence-electron chi connectivity index (χ0n) is 6.49. The zero-order chi connectivity index (χ0) is 10.9. The van der Waals surface area contributed by atoms with Gasteiger partial charge < -0.3 is 0 Å². The molecule has 0 aromatic heterocycles. The molecule has 0 fully saturated rings. The quantitative estimate of drug-likeness (QED) is 0.619. The second-order valence-electron chi connectivity index (χ2n) is 2.42. The summed E-state index contributed by atoms with van der Waals surface area (Å²) in [5.41, 5.74) is -1.79. The Bertz CT molecular complexity index is 382. The molecule has 1 aromatic rings. The van der Waals surface area contributed by atoms with Crippen LogP contribution in [0.15, 0.2) is 12.1 Å². The van der Waals surface area contributed by atoms with Crippen molar-refractivity contribution in [2.24, 2.45) is 0 Å². The van der Waals surface area contributed by atoms with E-state index in [-0.39, 0.29) is 5.56 Å². The highest BCUT2D eigenvalue weighted by atomic mass is 35.5. The van der Waals surface area contributed by atoms with Gasteiger partial charge in [0.1, 0.15) is 11.4 Å². The van der Waals surface area contributed by atoms with Gasteiger partial charge in [0.15, 0.2) is 0 Å². The lowest BCUT2D eigenvalue weighted by molar-refractivity contribution is -0.139. The molecule has 14 heavy (non-hydrogen) atoms. The summed E-state index contributed by atoms with van der Waals surface area (Å²) in [6.07, 6.45) is -4.85. The highest BCUT2D eigenvalue weighted by molar-refractivity contribution is 6.31. The maximum Gasteiger partial charge on any atom is 0.420 e. The number of nitrogens with zero attached hydrogens (tertiary/aromatic N) is 1. The largest absolute Gasteiger partial charge is 0.420 e. The van der Waals surface area contributed by atoms with Crippen LogP contribution >= 0.6 is 11.6 Å². The Hall–Kier alpha value is -1.28. The highest BCUT2D eigenvalue weighted by Gasteiger charge is 2.36. The molecule has 0 heterocycles. The number of hydrogen-bond donors (Lipinski definition) is 0. The van der Waals surface area contributed by atoms with Crippen LogP contribution in [0.5, 0.6) is 0 Å². The molecule has 0 spiro atoms. The molecule has 0 saturated carbocycles. The molecule has 6 heteroatoms. The summed E-state index contributed by atoms with van der Waals surface area (Å²) in [5, 5.41) is 7.51. The minimum atomic E-state index is -4.85. The predicted octanol–water partition coefficient (Wildman–Crippen LogP) is 3.37. The third kappa shape index (κ3) is 1.96. The van der Waals surface area contributed by atoms with E-state index in [4.69, 9.17) is 16.9 Å². The third-order valence-corrected chi connectivity index (χ3v) is 1.75. The molecule has 74 valence electrons. The fraction of sp³-hybridized carbons (Fsp3) is 0.125. The molecule has 0 saturated heterocycles. The third-order valence-electron chi connectivity index (χ3n) is 1.45. The number of alkyl halides is 3. The van der Waals surface area contributed by atoms with Gasteiger partial charge in [0, 0.05) is 0 Å². The molecule has 1 nitrogen and oxygen atoms in total. The van der Waals surface area contributed by atoms with E-state index in [0.717, 1.165) is 6.07 Å². The Labute approximate surface area is 81.5 Å². The highest BCUT2D eigenvalue weighted by Crippen LogP contribution is 2.36. The number of halogens is 5. The van der Waals surface area contributed by atoms with Crippen molar-refractivity contribution in [3.8, 4) is 6.07 Å². The van der Waals surface area contributed by atoms with Crippen molar-refractivity contribution in [2.45, 2.75) is 6.18 Å². The topological polar surface area (TPSA) is 23.8 Å². The Morgan fingerprint density at radius 3 is 2.21 bits per heavy atom. The Morgan fingerprint density at radius 2 is 1.86 bits per heavy atom. The van der Waals surface area contributed by atoms with Crippen molar-refractivity contribution in [1.82, 2.24) is 0 Å². The second-order valence-corrected chi connectivity index (χ2v) is 2.83. The summed E-state index contributed by atoms with van der Waals surface area (Å²) < 4.78 is 49.3. The number of benzene rings is 1. The van der Waals surface area contributed by atoms with Gasteiger partial charge in [-0.1, -0.05) is 11.6 Å². The Morgan fingerprint density at radius 1 is 1.29 bits per heavy atom. The molecule has 0 amide bonds. The Kier molecular flexibility index (Phi) is 2.67. The van der Waals surface area contributed by atoms with Gasteiger partial charge in [0.05, 0.1) is 16.7 Å². The first-order chi connectivity index (χ1) is 6.36. The first kappa shape index (κ1) is 10.8. The molecule has 1 rings (SSSR count). The van der Waals surface area contributed by atoms with E-state index in [0.29, 0.717) is 6.07 Å². The van der Waals surface area contributed by atoms with Crippen LogP contribution in [0.2, 0.25) is 5.02 Å². The van der Waals surface area contributed by atoms with Crippen LogP contribution in [0.25, 0.3) is 0 Å². The monoisotopic (exact) mass is 223 g/mol. The number of hydrogen-bond acceptors (Lipinski definition) is 1. The Balaban J connectivity index is 3.42. The standard InChI is InChI=1S/C8H2ClF4N/c9-5-1-4(3-14)2-6(10)7(5)8(11,12)13/h1-2H. The van der Waals surface area contributed by atoms with Gasteiger partial charge in [-0.15, -0.1) is 0 Å². The molecule has 0 N–H and O–H groups in total. The minimum Gasteiger partial charge on any atom is -0.206 e. The minimum absolute atomic E-state index is 0.250. The maximum absolute atomic E-state index is 12.8. The van der Waals surface area contributed by atoms with E-state index in [9.17, 15) is 17.6 Å². The van der Waals surface area contributed by atoms with Crippen LogP contribution in [0.4, 0.5) is 17.6 Å². The molecular weight excluding hydrogens is 222 g/mol. The lowest BCUT2D eigenvalue weighted by Crippen LogP contribution is -2.09. The van der Waals surface area contributed by atoms with E-state index in [1.165, 1.54) is 6.07 Å². The van der Waals surface area contributed by atoms with Gasteiger partial charge in [-0.2, -0.15) is 18.4 Å². The summed E-state index contributed by atoms with van der Waals surface area (Å²) in [7, 11) is 0. The van der Waals surface area contributed by atoms with Gasteiger partial charge >= 0.3 is 6.18 Å². The molecule has 0 atom stereocenters. The van der Waals surface area contributed by atoms with Crippen molar-refractivity contribution in [3.63, 3.8) is 0 Å². The first-order valence-electron chi connectivity index (χ1n) is 3.32. The molecule has 0 aliphatic rings. The van der Waals surface area contributed by atoms with Crippen molar-refractivity contribution in [1.29, 1.82) is 5.26 Å².